The average Bonchev–Trinajstić information content (AvgIpc) is 2.54. The molecule has 1 aromatic carbocycles. The summed E-state index contributed by atoms with van der Waals surface area (Å²) < 4.78 is 5.22. The fourth-order valence-corrected chi connectivity index (χ4v) is 2.44. The normalized spacial score (nSPS) is 15.4. The highest BCUT2D eigenvalue weighted by atomic mass is 35.5. The number of ether oxygens (including phenoxy) is 1. The maximum absolute atomic E-state index is 12.2. The molecular weight excluding hydrogens is 318 g/mol. The Balaban J connectivity index is 0.00000264. The molecule has 0 spiro atoms. The van der Waals surface area contributed by atoms with Crippen molar-refractivity contribution < 1.29 is 14.3 Å². The largest absolute Gasteiger partial charge is 0.399 e. The molecule has 2 rings (SSSR count). The van der Waals surface area contributed by atoms with Gasteiger partial charge in [0.15, 0.2) is 0 Å². The molecule has 0 bridgehead atoms. The molecule has 1 atom stereocenters. The van der Waals surface area contributed by atoms with E-state index in [0.29, 0.717) is 44.8 Å². The Kier molecular flexibility index (Phi) is 7.85. The minimum atomic E-state index is -0.515. The third-order valence-corrected chi connectivity index (χ3v) is 3.75. The van der Waals surface area contributed by atoms with E-state index in [1.54, 1.807) is 11.8 Å². The monoisotopic (exact) mass is 341 g/mol. The molecule has 1 aromatic rings. The number of halogens is 1. The quantitative estimate of drug-likeness (QED) is 0.782. The van der Waals surface area contributed by atoms with Crippen LogP contribution in [0.3, 0.4) is 0 Å². The number of hydrogen-bond donors (Lipinski definition) is 2. The number of nitrogens with zero attached hydrogens (tertiary/aromatic N) is 1. The van der Waals surface area contributed by atoms with Crippen LogP contribution in [0.25, 0.3) is 0 Å². The maximum atomic E-state index is 12.2. The summed E-state index contributed by atoms with van der Waals surface area (Å²) in [5.41, 5.74) is 7.49. The number of nitrogens with two attached hydrogens (primary N) is 1. The van der Waals surface area contributed by atoms with Gasteiger partial charge in [0.25, 0.3) is 0 Å². The Morgan fingerprint density at radius 3 is 2.61 bits per heavy atom. The highest BCUT2D eigenvalue weighted by Crippen LogP contribution is 2.12. The fourth-order valence-electron chi connectivity index (χ4n) is 2.44. The number of para-hydroxylation sites is 1. The van der Waals surface area contributed by atoms with E-state index < -0.39 is 6.04 Å². The third-order valence-electron chi connectivity index (χ3n) is 3.75. The number of benzene rings is 1. The van der Waals surface area contributed by atoms with E-state index >= 15 is 0 Å². The third kappa shape index (κ3) is 5.73. The van der Waals surface area contributed by atoms with Crippen molar-refractivity contribution in [2.75, 3.05) is 32.0 Å². The molecule has 1 saturated heterocycles. The number of carbonyl (C=O) groups excluding carboxylic acids is 2. The molecule has 0 radical (unpaired) electrons. The standard InChI is InChI=1S/C16H23N3O3.ClH/c1-12(16(21)19-8-10-22-11-9-19)18-15(20)7-6-13-4-2-3-5-14(13)17;/h2-5,12H,6-11,17H2,1H3,(H,18,20);1H. The Labute approximate surface area is 142 Å². The predicted octanol–water partition coefficient (Wildman–Crippen LogP) is 0.987. The van der Waals surface area contributed by atoms with Crippen molar-refractivity contribution >= 4 is 29.9 Å². The van der Waals surface area contributed by atoms with Crippen LogP contribution in [0.5, 0.6) is 0 Å². The van der Waals surface area contributed by atoms with Crippen LogP contribution in [0.2, 0.25) is 0 Å². The fraction of sp³-hybridized carbons (Fsp3) is 0.500. The summed E-state index contributed by atoms with van der Waals surface area (Å²) in [6.45, 7) is 3.99. The van der Waals surface area contributed by atoms with Crippen molar-refractivity contribution in [3.63, 3.8) is 0 Å². The molecule has 23 heavy (non-hydrogen) atoms. The Hall–Kier alpha value is -1.79. The number of morpholine rings is 1. The van der Waals surface area contributed by atoms with Gasteiger partial charge in [-0.2, -0.15) is 0 Å². The number of nitrogens with one attached hydrogen (secondary N) is 1. The predicted molar refractivity (Wildman–Crippen MR) is 91.4 cm³/mol. The number of aryl methyl sites for hydroxylation is 1. The lowest BCUT2D eigenvalue weighted by atomic mass is 10.1. The van der Waals surface area contributed by atoms with Crippen LogP contribution in [0.1, 0.15) is 18.9 Å². The molecule has 1 aliphatic heterocycles. The Morgan fingerprint density at radius 1 is 1.30 bits per heavy atom. The Morgan fingerprint density at radius 2 is 1.96 bits per heavy atom. The Bertz CT molecular complexity index is 533. The zero-order chi connectivity index (χ0) is 15.9. The van der Waals surface area contributed by atoms with Crippen molar-refractivity contribution in [2.24, 2.45) is 0 Å². The highest BCUT2D eigenvalue weighted by molar-refractivity contribution is 5.87. The first kappa shape index (κ1) is 19.3. The van der Waals surface area contributed by atoms with E-state index in [0.717, 1.165) is 5.56 Å². The van der Waals surface area contributed by atoms with Gasteiger partial charge in [-0.3, -0.25) is 9.59 Å². The minimum absolute atomic E-state index is 0. The van der Waals surface area contributed by atoms with Crippen molar-refractivity contribution in [3.05, 3.63) is 29.8 Å². The van der Waals surface area contributed by atoms with Gasteiger partial charge in [-0.25, -0.2) is 0 Å². The summed E-state index contributed by atoms with van der Waals surface area (Å²) in [6, 6.07) is 6.97. The second-order valence-electron chi connectivity index (χ2n) is 5.43. The van der Waals surface area contributed by atoms with Crippen LogP contribution in [0.4, 0.5) is 5.69 Å². The van der Waals surface area contributed by atoms with Crippen molar-refractivity contribution in [2.45, 2.75) is 25.8 Å². The molecule has 128 valence electrons. The van der Waals surface area contributed by atoms with Gasteiger partial charge in [-0.15, -0.1) is 12.4 Å². The van der Waals surface area contributed by atoms with Crippen molar-refractivity contribution in [1.82, 2.24) is 10.2 Å². The van der Waals surface area contributed by atoms with Crippen LogP contribution in [0, 0.1) is 0 Å². The summed E-state index contributed by atoms with van der Waals surface area (Å²) in [6.07, 6.45) is 0.881. The van der Waals surface area contributed by atoms with E-state index in [4.69, 9.17) is 10.5 Å². The van der Waals surface area contributed by atoms with E-state index in [2.05, 4.69) is 5.32 Å². The molecule has 7 heteroatoms. The van der Waals surface area contributed by atoms with Crippen molar-refractivity contribution in [3.8, 4) is 0 Å². The van der Waals surface area contributed by atoms with Gasteiger partial charge in [0, 0.05) is 25.2 Å². The van der Waals surface area contributed by atoms with Crippen LogP contribution in [-0.4, -0.2) is 49.1 Å². The zero-order valence-corrected chi connectivity index (χ0v) is 14.1. The molecule has 1 aliphatic rings. The van der Waals surface area contributed by atoms with Gasteiger partial charge in [-0.1, -0.05) is 18.2 Å². The van der Waals surface area contributed by atoms with Crippen LogP contribution < -0.4 is 11.1 Å². The van der Waals surface area contributed by atoms with Crippen molar-refractivity contribution in [1.29, 1.82) is 0 Å². The smallest absolute Gasteiger partial charge is 0.245 e. The first-order valence-electron chi connectivity index (χ1n) is 7.57. The second kappa shape index (κ2) is 9.37. The minimum Gasteiger partial charge on any atom is -0.399 e. The van der Waals surface area contributed by atoms with E-state index in [1.165, 1.54) is 0 Å². The van der Waals surface area contributed by atoms with Crippen LogP contribution in [0.15, 0.2) is 24.3 Å². The lowest BCUT2D eigenvalue weighted by molar-refractivity contribution is -0.139. The summed E-state index contributed by atoms with van der Waals surface area (Å²) in [4.78, 5) is 25.9. The molecule has 1 heterocycles. The van der Waals surface area contributed by atoms with Gasteiger partial charge in [-0.05, 0) is 25.0 Å². The van der Waals surface area contributed by atoms with Gasteiger partial charge >= 0.3 is 0 Å². The SMILES string of the molecule is CC(NC(=O)CCc1ccccc1N)C(=O)N1CCOCC1.Cl. The van der Waals surface area contributed by atoms with E-state index in [1.807, 2.05) is 24.3 Å². The molecule has 1 unspecified atom stereocenters. The number of anilines is 1. The first-order valence-corrected chi connectivity index (χ1v) is 7.57. The number of rotatable bonds is 5. The lowest BCUT2D eigenvalue weighted by Crippen LogP contribution is -2.50. The number of nitrogen functional groups attached to an aromatic ring is 1. The van der Waals surface area contributed by atoms with Crippen LogP contribution in [-0.2, 0) is 20.7 Å². The molecular formula is C16H24ClN3O3. The summed E-state index contributed by atoms with van der Waals surface area (Å²) in [7, 11) is 0. The molecule has 3 N–H and O–H groups in total. The molecule has 0 aliphatic carbocycles. The topological polar surface area (TPSA) is 84.7 Å². The maximum Gasteiger partial charge on any atom is 0.245 e. The van der Waals surface area contributed by atoms with E-state index in [-0.39, 0.29) is 24.2 Å². The molecule has 1 fully saturated rings. The molecule has 6 nitrogen and oxygen atoms in total. The first-order chi connectivity index (χ1) is 10.6. The van der Waals surface area contributed by atoms with Gasteiger partial charge in [0.05, 0.1) is 13.2 Å². The number of amides is 2. The van der Waals surface area contributed by atoms with Gasteiger partial charge in [0.2, 0.25) is 11.8 Å². The lowest BCUT2D eigenvalue weighted by Gasteiger charge is -2.29. The van der Waals surface area contributed by atoms with Gasteiger partial charge in [0.1, 0.15) is 6.04 Å². The van der Waals surface area contributed by atoms with Crippen LogP contribution >= 0.6 is 12.4 Å². The van der Waals surface area contributed by atoms with E-state index in [9.17, 15) is 9.59 Å². The summed E-state index contributed by atoms with van der Waals surface area (Å²) in [5, 5.41) is 2.75. The second-order valence-corrected chi connectivity index (χ2v) is 5.43. The average molecular weight is 342 g/mol. The number of carbonyl (C=O) groups is 2. The summed E-state index contributed by atoms with van der Waals surface area (Å²) >= 11 is 0. The molecule has 0 aromatic heterocycles. The molecule has 2 amide bonds. The molecule has 0 saturated carbocycles. The van der Waals surface area contributed by atoms with Gasteiger partial charge < -0.3 is 20.7 Å². The highest BCUT2D eigenvalue weighted by Gasteiger charge is 2.23. The zero-order valence-electron chi connectivity index (χ0n) is 13.3. The summed E-state index contributed by atoms with van der Waals surface area (Å²) in [5.74, 6) is -0.201. The number of hydrogen-bond acceptors (Lipinski definition) is 4.